The Hall–Kier alpha value is -3.18. The predicted molar refractivity (Wildman–Crippen MR) is 132 cm³/mol. The number of benzene rings is 3. The zero-order valence-electron chi connectivity index (χ0n) is 18.9. The maximum absolute atomic E-state index is 14.7. The Bertz CT molecular complexity index is 1070. The Morgan fingerprint density at radius 2 is 1.81 bits per heavy atom. The molecule has 1 heterocycles. The third-order valence-corrected chi connectivity index (χ3v) is 6.36. The molecule has 0 aromatic heterocycles. The van der Waals surface area contributed by atoms with Crippen LogP contribution in [0.5, 0.6) is 0 Å². The van der Waals surface area contributed by atoms with E-state index in [9.17, 15) is 9.18 Å². The lowest BCUT2D eigenvalue weighted by atomic mass is 9.96. The first-order valence-electron chi connectivity index (χ1n) is 11.1. The van der Waals surface area contributed by atoms with Gasteiger partial charge in [-0.1, -0.05) is 42.5 Å². The molecule has 4 nitrogen and oxygen atoms in total. The second kappa shape index (κ2) is 9.53. The molecular weight excluding hydrogens is 401 g/mol. The van der Waals surface area contributed by atoms with Crippen molar-refractivity contribution < 1.29 is 10.6 Å². The minimum absolute atomic E-state index is 0. The highest BCUT2D eigenvalue weighted by molar-refractivity contribution is 5.95. The van der Waals surface area contributed by atoms with Crippen LogP contribution in [-0.4, -0.2) is 44.0 Å². The van der Waals surface area contributed by atoms with Gasteiger partial charge in [-0.3, -0.25) is 4.79 Å². The molecule has 1 amide bonds. The Morgan fingerprint density at radius 1 is 1.09 bits per heavy atom. The number of carbonyl (C=O) groups is 1. The predicted octanol–water partition coefficient (Wildman–Crippen LogP) is 5.62. The number of hydrogen-bond donors (Lipinski definition) is 1. The quantitative estimate of drug-likeness (QED) is 0.548. The highest BCUT2D eigenvalue weighted by Gasteiger charge is 2.24. The molecule has 0 saturated carbocycles. The fourth-order valence-electron chi connectivity index (χ4n) is 4.21. The summed E-state index contributed by atoms with van der Waals surface area (Å²) in [7, 11) is 4.24. The first-order valence-corrected chi connectivity index (χ1v) is 11.1. The number of carbonyl (C=O) groups excluding carboxylic acids is 1. The van der Waals surface area contributed by atoms with Crippen LogP contribution in [0, 0.1) is 5.82 Å². The maximum Gasteiger partial charge on any atom is 0.231 e. The van der Waals surface area contributed by atoms with Gasteiger partial charge in [-0.15, -0.1) is 0 Å². The standard InChI is InChI=1S/C27H30FN3O.H2/c1-19(21-9-14-25(26(28)17-21)20-7-5-4-6-8-20)27(32)29-22-10-12-23(13-11-22)31-16-15-24(18-31)30(2)3;/h4-14,17,19,24H,15-16,18H2,1-3H3,(H,29,32);1H. The molecule has 1 fully saturated rings. The van der Waals surface area contributed by atoms with Gasteiger partial charge in [0.15, 0.2) is 0 Å². The van der Waals surface area contributed by atoms with Crippen molar-refractivity contribution in [3.63, 3.8) is 0 Å². The zero-order valence-corrected chi connectivity index (χ0v) is 18.9. The summed E-state index contributed by atoms with van der Waals surface area (Å²) < 4.78 is 14.7. The molecule has 0 radical (unpaired) electrons. The largest absolute Gasteiger partial charge is 0.370 e. The van der Waals surface area contributed by atoms with Crippen LogP contribution in [0.15, 0.2) is 72.8 Å². The molecule has 0 spiro atoms. The number of nitrogens with one attached hydrogen (secondary N) is 1. The van der Waals surface area contributed by atoms with Crippen molar-refractivity contribution in [2.45, 2.75) is 25.3 Å². The Labute approximate surface area is 191 Å². The van der Waals surface area contributed by atoms with E-state index in [1.807, 2.05) is 60.7 Å². The van der Waals surface area contributed by atoms with Crippen LogP contribution in [0.2, 0.25) is 0 Å². The van der Waals surface area contributed by atoms with Crippen molar-refractivity contribution in [1.82, 2.24) is 4.90 Å². The Kier molecular flexibility index (Phi) is 6.56. The zero-order chi connectivity index (χ0) is 22.7. The number of amides is 1. The smallest absolute Gasteiger partial charge is 0.231 e. The lowest BCUT2D eigenvalue weighted by Crippen LogP contribution is -2.31. The van der Waals surface area contributed by atoms with Gasteiger partial charge in [0.05, 0.1) is 5.92 Å². The topological polar surface area (TPSA) is 35.6 Å². The maximum atomic E-state index is 14.7. The van der Waals surface area contributed by atoms with Gasteiger partial charge in [0.2, 0.25) is 5.91 Å². The van der Waals surface area contributed by atoms with Crippen LogP contribution < -0.4 is 10.2 Å². The number of halogens is 1. The lowest BCUT2D eigenvalue weighted by Gasteiger charge is -2.22. The molecule has 32 heavy (non-hydrogen) atoms. The van der Waals surface area contributed by atoms with E-state index in [0.29, 0.717) is 17.2 Å². The van der Waals surface area contributed by atoms with Crippen LogP contribution in [-0.2, 0) is 4.79 Å². The van der Waals surface area contributed by atoms with E-state index >= 15 is 0 Å². The number of rotatable bonds is 6. The fraction of sp³-hybridized carbons (Fsp3) is 0.296. The molecule has 1 saturated heterocycles. The van der Waals surface area contributed by atoms with E-state index in [4.69, 9.17) is 0 Å². The van der Waals surface area contributed by atoms with E-state index in [0.717, 1.165) is 30.8 Å². The van der Waals surface area contributed by atoms with Gasteiger partial charge >= 0.3 is 0 Å². The van der Waals surface area contributed by atoms with Gasteiger partial charge in [0.25, 0.3) is 0 Å². The third kappa shape index (κ3) is 4.83. The molecule has 1 aliphatic rings. The van der Waals surface area contributed by atoms with Crippen LogP contribution >= 0.6 is 0 Å². The minimum atomic E-state index is -0.464. The van der Waals surface area contributed by atoms with Crippen LogP contribution in [0.4, 0.5) is 15.8 Å². The average Bonchev–Trinajstić information content (AvgIpc) is 3.30. The van der Waals surface area contributed by atoms with E-state index in [2.05, 4.69) is 29.2 Å². The summed E-state index contributed by atoms with van der Waals surface area (Å²) >= 11 is 0. The monoisotopic (exact) mass is 433 g/mol. The van der Waals surface area contributed by atoms with Gasteiger partial charge in [0.1, 0.15) is 5.82 Å². The van der Waals surface area contributed by atoms with Gasteiger partial charge in [-0.2, -0.15) is 0 Å². The Morgan fingerprint density at radius 3 is 2.44 bits per heavy atom. The molecule has 2 atom stereocenters. The Balaban J connectivity index is 0.00000306. The van der Waals surface area contributed by atoms with Gasteiger partial charge in [-0.25, -0.2) is 4.39 Å². The van der Waals surface area contributed by atoms with Crippen molar-refractivity contribution in [3.8, 4) is 11.1 Å². The van der Waals surface area contributed by atoms with Crippen molar-refractivity contribution in [1.29, 1.82) is 0 Å². The van der Waals surface area contributed by atoms with Crippen LogP contribution in [0.3, 0.4) is 0 Å². The highest BCUT2D eigenvalue weighted by Crippen LogP contribution is 2.28. The molecule has 3 aromatic rings. The summed E-state index contributed by atoms with van der Waals surface area (Å²) in [5.74, 6) is -0.939. The van der Waals surface area contributed by atoms with Gasteiger partial charge < -0.3 is 15.1 Å². The summed E-state index contributed by atoms with van der Waals surface area (Å²) in [5.41, 5.74) is 3.93. The highest BCUT2D eigenvalue weighted by atomic mass is 19.1. The molecule has 0 aliphatic carbocycles. The van der Waals surface area contributed by atoms with E-state index in [1.54, 1.807) is 13.0 Å². The first-order chi connectivity index (χ1) is 15.4. The van der Waals surface area contributed by atoms with Crippen molar-refractivity contribution in [3.05, 3.63) is 84.2 Å². The van der Waals surface area contributed by atoms with Gasteiger partial charge in [0, 0.05) is 37.5 Å². The summed E-state index contributed by atoms with van der Waals surface area (Å²) in [6.07, 6.45) is 1.16. The minimum Gasteiger partial charge on any atom is -0.370 e. The lowest BCUT2D eigenvalue weighted by molar-refractivity contribution is -0.117. The van der Waals surface area contributed by atoms with Crippen molar-refractivity contribution in [2.75, 3.05) is 37.4 Å². The molecule has 3 aromatic carbocycles. The molecule has 4 rings (SSSR count). The SMILES string of the molecule is CC(C(=O)Nc1ccc(N2CCC(N(C)C)C2)cc1)c1ccc(-c2ccccc2)c(F)c1.[HH]. The molecule has 168 valence electrons. The molecule has 1 N–H and O–H groups in total. The van der Waals surface area contributed by atoms with E-state index in [-0.39, 0.29) is 13.2 Å². The number of nitrogens with zero attached hydrogens (tertiary/aromatic N) is 2. The molecular formula is C27H32FN3O. The number of anilines is 2. The van der Waals surface area contributed by atoms with Crippen LogP contribution in [0.1, 0.15) is 26.3 Å². The van der Waals surface area contributed by atoms with Crippen molar-refractivity contribution >= 4 is 17.3 Å². The average molecular weight is 434 g/mol. The summed E-state index contributed by atoms with van der Waals surface area (Å²) in [6.45, 7) is 3.85. The summed E-state index contributed by atoms with van der Waals surface area (Å²) in [6, 6.07) is 23.0. The van der Waals surface area contributed by atoms with E-state index < -0.39 is 5.92 Å². The molecule has 1 aliphatic heterocycles. The summed E-state index contributed by atoms with van der Waals surface area (Å²) in [4.78, 5) is 17.4. The third-order valence-electron chi connectivity index (χ3n) is 6.36. The normalized spacial score (nSPS) is 16.9. The first kappa shape index (κ1) is 22.0. The molecule has 2 unspecified atom stereocenters. The molecule has 0 bridgehead atoms. The van der Waals surface area contributed by atoms with Gasteiger partial charge in [-0.05, 0) is 68.9 Å². The van der Waals surface area contributed by atoms with Crippen LogP contribution in [0.25, 0.3) is 11.1 Å². The van der Waals surface area contributed by atoms with Crippen molar-refractivity contribution in [2.24, 2.45) is 0 Å². The summed E-state index contributed by atoms with van der Waals surface area (Å²) in [5, 5.41) is 2.96. The van der Waals surface area contributed by atoms with E-state index in [1.165, 1.54) is 11.8 Å². The number of hydrogen-bond acceptors (Lipinski definition) is 3. The number of likely N-dealkylation sites (N-methyl/N-ethyl adjacent to an activating group) is 1. The molecule has 5 heteroatoms. The second-order valence-corrected chi connectivity index (χ2v) is 8.72. The second-order valence-electron chi connectivity index (χ2n) is 8.72. The fourth-order valence-corrected chi connectivity index (χ4v) is 4.21.